The summed E-state index contributed by atoms with van der Waals surface area (Å²) in [5, 5.41) is 3.42. The number of carbonyl (C=O) groups is 1. The molecule has 0 unspecified atom stereocenters. The summed E-state index contributed by atoms with van der Waals surface area (Å²) in [5.41, 5.74) is 7.21. The Hall–Kier alpha value is -1.26. The van der Waals surface area contributed by atoms with E-state index in [1.165, 1.54) is 0 Å². The Morgan fingerprint density at radius 3 is 2.42 bits per heavy atom. The minimum Gasteiger partial charge on any atom is -0.376 e. The molecule has 5 heteroatoms. The van der Waals surface area contributed by atoms with Gasteiger partial charge in [0.25, 0.3) is 0 Å². The van der Waals surface area contributed by atoms with Crippen LogP contribution in [0.1, 0.15) is 20.8 Å². The van der Waals surface area contributed by atoms with Crippen LogP contribution in [0.15, 0.2) is 18.2 Å². The Balaban J connectivity index is 2.99. The lowest BCUT2D eigenvalue weighted by Crippen LogP contribution is -2.45. The number of carbonyl (C=O) groups excluding carboxylic acids is 1. The quantitative estimate of drug-likeness (QED) is 0.897. The molecule has 1 amide bonds. The van der Waals surface area contributed by atoms with Crippen molar-refractivity contribution in [3.8, 4) is 0 Å². The first-order chi connectivity index (χ1) is 8.62. The second-order valence-electron chi connectivity index (χ2n) is 5.89. The fourth-order valence-corrected chi connectivity index (χ4v) is 1.77. The summed E-state index contributed by atoms with van der Waals surface area (Å²) in [4.78, 5) is 14.1. The number of anilines is 2. The summed E-state index contributed by atoms with van der Waals surface area (Å²) in [6, 6.07) is 4.79. The van der Waals surface area contributed by atoms with Crippen LogP contribution in [0.3, 0.4) is 0 Å². The lowest BCUT2D eigenvalue weighted by atomic mass is 9.87. The summed E-state index contributed by atoms with van der Waals surface area (Å²) in [5.74, 6) is -0.210. The van der Waals surface area contributed by atoms with Crippen LogP contribution in [0.4, 0.5) is 11.4 Å². The van der Waals surface area contributed by atoms with E-state index in [1.807, 2.05) is 45.8 Å². The lowest BCUT2D eigenvalue weighted by Gasteiger charge is -2.27. The maximum atomic E-state index is 12.1. The predicted molar refractivity (Wildman–Crippen MR) is 81.8 cm³/mol. The first-order valence-electron chi connectivity index (χ1n) is 6.16. The molecule has 0 aliphatic rings. The molecule has 0 aliphatic heterocycles. The molecule has 0 heterocycles. The van der Waals surface area contributed by atoms with Gasteiger partial charge in [0.2, 0.25) is 5.91 Å². The summed E-state index contributed by atoms with van der Waals surface area (Å²) in [7, 11) is 3.81. The second-order valence-corrected chi connectivity index (χ2v) is 6.33. The van der Waals surface area contributed by atoms with Crippen LogP contribution >= 0.6 is 11.6 Å². The zero-order chi connectivity index (χ0) is 14.8. The molecule has 0 saturated carbocycles. The third-order valence-corrected chi connectivity index (χ3v) is 3.15. The standard InChI is InChI=1S/C14H22ClN3O/c1-14(2,3)12(16)13(19)17-10-8-9(15)6-7-11(10)18(4)5/h6-8,12H,16H2,1-5H3,(H,17,19)/t12-/m1/s1. The normalized spacial score (nSPS) is 13.0. The number of benzene rings is 1. The van der Waals surface area contributed by atoms with Crippen molar-refractivity contribution >= 4 is 28.9 Å². The van der Waals surface area contributed by atoms with Gasteiger partial charge in [-0.05, 0) is 23.6 Å². The van der Waals surface area contributed by atoms with Gasteiger partial charge in [-0.2, -0.15) is 0 Å². The molecule has 106 valence electrons. The van der Waals surface area contributed by atoms with E-state index < -0.39 is 6.04 Å². The third kappa shape index (κ3) is 4.11. The van der Waals surface area contributed by atoms with Crippen LogP contribution in [-0.4, -0.2) is 26.0 Å². The smallest absolute Gasteiger partial charge is 0.241 e. The maximum absolute atomic E-state index is 12.1. The molecule has 1 rings (SSSR count). The zero-order valence-corrected chi connectivity index (χ0v) is 12.9. The molecule has 1 aromatic carbocycles. The van der Waals surface area contributed by atoms with Crippen molar-refractivity contribution in [1.29, 1.82) is 0 Å². The van der Waals surface area contributed by atoms with Gasteiger partial charge in [-0.3, -0.25) is 4.79 Å². The monoisotopic (exact) mass is 283 g/mol. The largest absolute Gasteiger partial charge is 0.376 e. The SMILES string of the molecule is CN(C)c1ccc(Cl)cc1NC(=O)[C@@H](N)C(C)(C)C. The average Bonchev–Trinajstić information content (AvgIpc) is 2.26. The fraction of sp³-hybridized carbons (Fsp3) is 0.500. The van der Waals surface area contributed by atoms with Crippen molar-refractivity contribution in [3.63, 3.8) is 0 Å². The number of nitrogens with one attached hydrogen (secondary N) is 1. The van der Waals surface area contributed by atoms with E-state index in [1.54, 1.807) is 12.1 Å². The highest BCUT2D eigenvalue weighted by Crippen LogP contribution is 2.28. The van der Waals surface area contributed by atoms with Crippen molar-refractivity contribution in [3.05, 3.63) is 23.2 Å². The number of nitrogens with two attached hydrogens (primary N) is 1. The zero-order valence-electron chi connectivity index (χ0n) is 12.1. The summed E-state index contributed by atoms with van der Waals surface area (Å²) in [6.07, 6.45) is 0. The number of hydrogen-bond donors (Lipinski definition) is 2. The van der Waals surface area contributed by atoms with Gasteiger partial charge in [0, 0.05) is 19.1 Å². The highest BCUT2D eigenvalue weighted by Gasteiger charge is 2.28. The Labute approximate surface area is 119 Å². The average molecular weight is 284 g/mol. The van der Waals surface area contributed by atoms with Crippen LogP contribution < -0.4 is 16.0 Å². The second kappa shape index (κ2) is 5.80. The van der Waals surface area contributed by atoms with Crippen LogP contribution in [0.25, 0.3) is 0 Å². The van der Waals surface area contributed by atoms with Crippen molar-refractivity contribution in [1.82, 2.24) is 0 Å². The molecule has 1 aromatic rings. The molecule has 3 N–H and O–H groups in total. The van der Waals surface area contributed by atoms with E-state index in [2.05, 4.69) is 5.32 Å². The fourth-order valence-electron chi connectivity index (χ4n) is 1.60. The van der Waals surface area contributed by atoms with Gasteiger partial charge >= 0.3 is 0 Å². The molecular formula is C14H22ClN3O. The number of rotatable bonds is 3. The predicted octanol–water partition coefficient (Wildman–Crippen LogP) is 2.72. The van der Waals surface area contributed by atoms with Gasteiger partial charge in [0.1, 0.15) is 0 Å². The topological polar surface area (TPSA) is 58.4 Å². The third-order valence-electron chi connectivity index (χ3n) is 2.91. The molecule has 19 heavy (non-hydrogen) atoms. The Morgan fingerprint density at radius 1 is 1.37 bits per heavy atom. The van der Waals surface area contributed by atoms with Crippen molar-refractivity contribution < 1.29 is 4.79 Å². The molecule has 0 bridgehead atoms. The summed E-state index contributed by atoms with van der Waals surface area (Å²) in [6.45, 7) is 5.80. The van der Waals surface area contributed by atoms with Crippen molar-refractivity contribution in [2.75, 3.05) is 24.3 Å². The molecule has 1 atom stereocenters. The molecule has 0 saturated heterocycles. The van der Waals surface area contributed by atoms with Gasteiger partial charge < -0.3 is 16.0 Å². The summed E-state index contributed by atoms with van der Waals surface area (Å²) >= 11 is 5.97. The first kappa shape index (κ1) is 15.8. The van der Waals surface area contributed by atoms with Crippen molar-refractivity contribution in [2.24, 2.45) is 11.1 Å². The Morgan fingerprint density at radius 2 is 1.95 bits per heavy atom. The number of hydrogen-bond acceptors (Lipinski definition) is 3. The molecule has 0 radical (unpaired) electrons. The van der Waals surface area contributed by atoms with E-state index in [-0.39, 0.29) is 11.3 Å². The number of nitrogens with zero attached hydrogens (tertiary/aromatic N) is 1. The van der Waals surface area contributed by atoms with Gasteiger partial charge in [-0.25, -0.2) is 0 Å². The molecule has 0 fully saturated rings. The molecule has 4 nitrogen and oxygen atoms in total. The minimum atomic E-state index is -0.582. The van der Waals surface area contributed by atoms with Gasteiger partial charge in [0.15, 0.2) is 0 Å². The highest BCUT2D eigenvalue weighted by atomic mass is 35.5. The van der Waals surface area contributed by atoms with E-state index in [0.29, 0.717) is 10.7 Å². The van der Waals surface area contributed by atoms with Gasteiger partial charge in [-0.15, -0.1) is 0 Å². The van der Waals surface area contributed by atoms with Crippen LogP contribution in [-0.2, 0) is 4.79 Å². The van der Waals surface area contributed by atoms with E-state index in [0.717, 1.165) is 5.69 Å². The van der Waals surface area contributed by atoms with E-state index >= 15 is 0 Å². The summed E-state index contributed by atoms with van der Waals surface area (Å²) < 4.78 is 0. The highest BCUT2D eigenvalue weighted by molar-refractivity contribution is 6.31. The molecule has 0 spiro atoms. The minimum absolute atomic E-state index is 0.210. The first-order valence-corrected chi connectivity index (χ1v) is 6.54. The lowest BCUT2D eigenvalue weighted by molar-refractivity contribution is -0.119. The number of halogens is 1. The number of amides is 1. The van der Waals surface area contributed by atoms with Crippen LogP contribution in [0, 0.1) is 5.41 Å². The van der Waals surface area contributed by atoms with Gasteiger partial charge in [-0.1, -0.05) is 32.4 Å². The van der Waals surface area contributed by atoms with E-state index in [9.17, 15) is 4.79 Å². The molecule has 0 aromatic heterocycles. The van der Waals surface area contributed by atoms with Crippen LogP contribution in [0.5, 0.6) is 0 Å². The Bertz CT molecular complexity index is 466. The van der Waals surface area contributed by atoms with Crippen molar-refractivity contribution in [2.45, 2.75) is 26.8 Å². The maximum Gasteiger partial charge on any atom is 0.241 e. The molecular weight excluding hydrogens is 262 g/mol. The Kier molecular flexibility index (Phi) is 4.82. The van der Waals surface area contributed by atoms with E-state index in [4.69, 9.17) is 17.3 Å². The molecule has 0 aliphatic carbocycles. The van der Waals surface area contributed by atoms with Crippen LogP contribution in [0.2, 0.25) is 5.02 Å². The van der Waals surface area contributed by atoms with Gasteiger partial charge in [0.05, 0.1) is 17.4 Å².